The number of aromatic nitrogens is 1. The van der Waals surface area contributed by atoms with Crippen LogP contribution in [0.5, 0.6) is 0 Å². The number of para-hydroxylation sites is 3. The zero-order valence-corrected chi connectivity index (χ0v) is 36.9. The molecule has 13 aromatic rings. The van der Waals surface area contributed by atoms with E-state index in [2.05, 4.69) is 252 Å². The Kier molecular flexibility index (Phi) is 7.71. The van der Waals surface area contributed by atoms with Gasteiger partial charge in [-0.15, -0.1) is 0 Å². The van der Waals surface area contributed by atoms with E-state index in [1.165, 1.54) is 77.1 Å². The molecule has 0 bridgehead atoms. The third-order valence-electron chi connectivity index (χ3n) is 15.0. The lowest BCUT2D eigenvalue weighted by Crippen LogP contribution is -2.26. The summed E-state index contributed by atoms with van der Waals surface area (Å²) in [6.07, 6.45) is 0. The van der Waals surface area contributed by atoms with Crippen LogP contribution in [0.25, 0.3) is 93.6 Å². The molecule has 1 spiro atoms. The number of furan rings is 1. The van der Waals surface area contributed by atoms with E-state index in [0.717, 1.165) is 55.8 Å². The molecule has 3 heteroatoms. The molecule has 316 valence electrons. The summed E-state index contributed by atoms with van der Waals surface area (Å²) in [5.41, 5.74) is 20.7. The number of nitrogens with zero attached hydrogens (tertiary/aromatic N) is 2. The van der Waals surface area contributed by atoms with Crippen molar-refractivity contribution in [3.05, 3.63) is 265 Å². The first-order valence-corrected chi connectivity index (χ1v) is 23.5. The molecule has 0 atom stereocenters. The molecule has 2 aliphatic carbocycles. The third-order valence-corrected chi connectivity index (χ3v) is 15.0. The van der Waals surface area contributed by atoms with E-state index in [1.807, 2.05) is 0 Å². The van der Waals surface area contributed by atoms with Crippen molar-refractivity contribution in [2.24, 2.45) is 0 Å². The standard InChI is InChI=1S/C65H40N2O/c1-2-18-42-40-62-52(39-41(42)17-1)63-50(25-15-34-61(63)68-62)49-23-8-14-32-59(49)67(44-37-35-43(36-38-44)66-57-30-12-6-21-47(57)48-22-7-13-31-58(48)66)60-33-16-29-56-64(60)51-24-5-11-28-55(51)65(56)53-26-9-3-19-45(53)46-20-4-10-27-54(46)65/h1-40H. The number of anilines is 3. The van der Waals surface area contributed by atoms with Crippen LogP contribution < -0.4 is 4.90 Å². The highest BCUT2D eigenvalue weighted by molar-refractivity contribution is 6.17. The minimum atomic E-state index is -0.481. The molecule has 15 rings (SSSR count). The van der Waals surface area contributed by atoms with Gasteiger partial charge in [0.15, 0.2) is 0 Å². The quantitative estimate of drug-likeness (QED) is 0.172. The first-order chi connectivity index (χ1) is 33.8. The van der Waals surface area contributed by atoms with Crippen molar-refractivity contribution in [1.29, 1.82) is 0 Å². The lowest BCUT2D eigenvalue weighted by molar-refractivity contribution is 0.669. The number of benzene rings is 11. The summed E-state index contributed by atoms with van der Waals surface area (Å²) in [6.45, 7) is 0. The Bertz CT molecular complexity index is 4130. The molecule has 2 aliphatic rings. The number of hydrogen-bond acceptors (Lipinski definition) is 2. The molecule has 0 unspecified atom stereocenters. The fourth-order valence-corrected chi connectivity index (χ4v) is 12.3. The average Bonchev–Trinajstić information content (AvgIpc) is 4.12. The van der Waals surface area contributed by atoms with Crippen LogP contribution in [0.1, 0.15) is 22.3 Å². The van der Waals surface area contributed by atoms with Crippen molar-refractivity contribution in [2.45, 2.75) is 5.41 Å². The molecular formula is C65H40N2O. The monoisotopic (exact) mass is 864 g/mol. The fourth-order valence-electron chi connectivity index (χ4n) is 12.3. The third kappa shape index (κ3) is 4.97. The summed E-state index contributed by atoms with van der Waals surface area (Å²) in [7, 11) is 0. The predicted molar refractivity (Wildman–Crippen MR) is 282 cm³/mol. The second-order valence-corrected chi connectivity index (χ2v) is 18.3. The molecule has 0 fully saturated rings. The number of fused-ring (bicyclic) bond motifs is 17. The van der Waals surface area contributed by atoms with Gasteiger partial charge in [0, 0.05) is 44.0 Å². The van der Waals surface area contributed by atoms with E-state index in [4.69, 9.17) is 4.42 Å². The fraction of sp³-hybridized carbons (Fsp3) is 0.0154. The predicted octanol–water partition coefficient (Wildman–Crippen LogP) is 17.3. The van der Waals surface area contributed by atoms with Crippen LogP contribution in [-0.2, 0) is 5.41 Å². The van der Waals surface area contributed by atoms with Gasteiger partial charge in [-0.2, -0.15) is 0 Å². The number of rotatable bonds is 5. The smallest absolute Gasteiger partial charge is 0.136 e. The first-order valence-electron chi connectivity index (χ1n) is 23.5. The van der Waals surface area contributed by atoms with Gasteiger partial charge in [0.05, 0.1) is 27.8 Å². The average molecular weight is 865 g/mol. The summed E-state index contributed by atoms with van der Waals surface area (Å²) in [5, 5.41) is 7.09. The Morgan fingerprint density at radius 1 is 0.353 bits per heavy atom. The Morgan fingerprint density at radius 2 is 0.868 bits per heavy atom. The molecule has 0 saturated heterocycles. The van der Waals surface area contributed by atoms with Crippen molar-refractivity contribution in [1.82, 2.24) is 4.57 Å². The van der Waals surface area contributed by atoms with Crippen LogP contribution in [0, 0.1) is 0 Å². The maximum Gasteiger partial charge on any atom is 0.136 e. The van der Waals surface area contributed by atoms with Crippen molar-refractivity contribution in [3.8, 4) is 39.1 Å². The summed E-state index contributed by atoms with van der Waals surface area (Å²) < 4.78 is 9.10. The molecular weight excluding hydrogens is 825 g/mol. The molecule has 3 nitrogen and oxygen atoms in total. The molecule has 11 aromatic carbocycles. The van der Waals surface area contributed by atoms with E-state index < -0.39 is 5.41 Å². The minimum absolute atomic E-state index is 0.481. The van der Waals surface area contributed by atoms with Gasteiger partial charge in [0.25, 0.3) is 0 Å². The van der Waals surface area contributed by atoms with E-state index in [-0.39, 0.29) is 0 Å². The van der Waals surface area contributed by atoms with Gasteiger partial charge in [-0.1, -0.05) is 176 Å². The molecule has 2 heterocycles. The highest BCUT2D eigenvalue weighted by Crippen LogP contribution is 2.65. The normalized spacial score (nSPS) is 13.1. The van der Waals surface area contributed by atoms with E-state index in [0.29, 0.717) is 0 Å². The van der Waals surface area contributed by atoms with Crippen LogP contribution in [0.4, 0.5) is 17.1 Å². The van der Waals surface area contributed by atoms with Crippen LogP contribution >= 0.6 is 0 Å². The van der Waals surface area contributed by atoms with Crippen molar-refractivity contribution >= 4 is 71.6 Å². The van der Waals surface area contributed by atoms with E-state index in [9.17, 15) is 0 Å². The Balaban J connectivity index is 1.01. The van der Waals surface area contributed by atoms with Crippen molar-refractivity contribution in [3.63, 3.8) is 0 Å². The summed E-state index contributed by atoms with van der Waals surface area (Å²) in [6, 6.07) is 89.4. The highest BCUT2D eigenvalue weighted by atomic mass is 16.3. The molecule has 2 aromatic heterocycles. The second-order valence-electron chi connectivity index (χ2n) is 18.3. The van der Waals surface area contributed by atoms with Crippen molar-refractivity contribution in [2.75, 3.05) is 4.90 Å². The number of hydrogen-bond donors (Lipinski definition) is 0. The Morgan fingerprint density at radius 3 is 1.57 bits per heavy atom. The molecule has 0 saturated carbocycles. The SMILES string of the molecule is c1ccc(N(c2ccc(-n3c4ccccc4c4ccccc43)cc2)c2cccc3c2-c2ccccc2C32c3ccccc3-c3ccccc32)c(-c2cccc3oc4cc5ccccc5cc4c23)c1. The molecule has 0 amide bonds. The zero-order valence-electron chi connectivity index (χ0n) is 36.9. The van der Waals surface area contributed by atoms with E-state index in [1.54, 1.807) is 0 Å². The Hall–Kier alpha value is -8.92. The van der Waals surface area contributed by atoms with Crippen LogP contribution in [0.3, 0.4) is 0 Å². The van der Waals surface area contributed by atoms with Gasteiger partial charge in [-0.25, -0.2) is 0 Å². The summed E-state index contributed by atoms with van der Waals surface area (Å²) >= 11 is 0. The van der Waals surface area contributed by atoms with Gasteiger partial charge in [0.1, 0.15) is 11.2 Å². The molecule has 0 radical (unpaired) electrons. The second kappa shape index (κ2) is 14.0. The lowest BCUT2D eigenvalue weighted by atomic mass is 9.70. The maximum absolute atomic E-state index is 6.70. The van der Waals surface area contributed by atoms with E-state index >= 15 is 0 Å². The van der Waals surface area contributed by atoms with Crippen LogP contribution in [-0.4, -0.2) is 4.57 Å². The topological polar surface area (TPSA) is 21.3 Å². The maximum atomic E-state index is 6.70. The lowest BCUT2D eigenvalue weighted by Gasteiger charge is -2.32. The molecule has 68 heavy (non-hydrogen) atoms. The van der Waals surface area contributed by atoms with Crippen LogP contribution in [0.15, 0.2) is 247 Å². The van der Waals surface area contributed by atoms with Crippen molar-refractivity contribution < 1.29 is 4.42 Å². The summed E-state index contributed by atoms with van der Waals surface area (Å²) in [5.74, 6) is 0. The van der Waals surface area contributed by atoms with Gasteiger partial charge in [0.2, 0.25) is 0 Å². The van der Waals surface area contributed by atoms with Gasteiger partial charge in [-0.05, 0) is 122 Å². The Labute approximate surface area is 393 Å². The first kappa shape index (κ1) is 37.3. The zero-order chi connectivity index (χ0) is 44.5. The van der Waals surface area contributed by atoms with Gasteiger partial charge < -0.3 is 13.9 Å². The summed E-state index contributed by atoms with van der Waals surface area (Å²) in [4.78, 5) is 2.52. The molecule has 0 N–H and O–H groups in total. The minimum Gasteiger partial charge on any atom is -0.456 e. The highest BCUT2D eigenvalue weighted by Gasteiger charge is 2.52. The van der Waals surface area contributed by atoms with Gasteiger partial charge in [-0.3, -0.25) is 0 Å². The largest absolute Gasteiger partial charge is 0.456 e. The molecule has 0 aliphatic heterocycles. The van der Waals surface area contributed by atoms with Gasteiger partial charge >= 0.3 is 0 Å². The van der Waals surface area contributed by atoms with Crippen LogP contribution in [0.2, 0.25) is 0 Å².